The van der Waals surface area contributed by atoms with Gasteiger partial charge in [-0.1, -0.05) is 30.3 Å². The lowest BCUT2D eigenvalue weighted by Crippen LogP contribution is -2.44. The molecular weight excluding hydrogens is 304 g/mol. The molecule has 7 heteroatoms. The SMILES string of the molecule is S[C@H]1N=C(c2ccco2)N2[C@@H](S)N=C(c3ccccc3)N12. The minimum absolute atomic E-state index is 0.346. The maximum absolute atomic E-state index is 5.45. The van der Waals surface area contributed by atoms with Crippen molar-refractivity contribution >= 4 is 36.9 Å². The fourth-order valence-corrected chi connectivity index (χ4v) is 3.13. The van der Waals surface area contributed by atoms with Gasteiger partial charge in [-0.25, -0.2) is 20.0 Å². The lowest BCUT2D eigenvalue weighted by atomic mass is 10.2. The lowest BCUT2D eigenvalue weighted by molar-refractivity contribution is 0.167. The molecule has 2 aliphatic rings. The molecule has 2 aromatic rings. The standard InChI is InChI=1S/C14H12N4OS2/c20-13-15-11(9-5-2-1-3-6-9)17-14(21)16-12(18(13)17)10-7-4-8-19-10/h1-8,13-14,20-21H/t13-,14-/m0/s1. The largest absolute Gasteiger partial charge is 0.461 e. The summed E-state index contributed by atoms with van der Waals surface area (Å²) in [5, 5.41) is 3.82. The first-order chi connectivity index (χ1) is 10.3. The number of hydrogen-bond donors (Lipinski definition) is 2. The van der Waals surface area contributed by atoms with Crippen LogP contribution in [-0.4, -0.2) is 32.7 Å². The molecule has 106 valence electrons. The number of hydrazine groups is 1. The van der Waals surface area contributed by atoms with Gasteiger partial charge in [0.05, 0.1) is 6.26 Å². The van der Waals surface area contributed by atoms with Crippen LogP contribution >= 0.6 is 25.3 Å². The van der Waals surface area contributed by atoms with E-state index in [9.17, 15) is 0 Å². The van der Waals surface area contributed by atoms with E-state index in [0.717, 1.165) is 11.4 Å². The molecule has 2 atom stereocenters. The highest BCUT2D eigenvalue weighted by Gasteiger charge is 2.44. The highest BCUT2D eigenvalue weighted by atomic mass is 32.1. The molecule has 2 aliphatic heterocycles. The first-order valence-electron chi connectivity index (χ1n) is 6.45. The Morgan fingerprint density at radius 2 is 1.52 bits per heavy atom. The molecule has 1 aromatic carbocycles. The number of benzene rings is 1. The third kappa shape index (κ3) is 1.96. The lowest BCUT2D eigenvalue weighted by Gasteiger charge is -2.28. The molecule has 0 fully saturated rings. The number of fused-ring (bicyclic) bond motifs is 1. The Bertz CT molecular complexity index is 714. The smallest absolute Gasteiger partial charge is 0.192 e. The number of amidine groups is 2. The van der Waals surface area contributed by atoms with E-state index in [-0.39, 0.29) is 11.0 Å². The molecule has 4 rings (SSSR count). The summed E-state index contributed by atoms with van der Waals surface area (Å²) in [6, 6.07) is 13.6. The zero-order valence-corrected chi connectivity index (χ0v) is 12.7. The van der Waals surface area contributed by atoms with Crippen LogP contribution in [0.25, 0.3) is 0 Å². The van der Waals surface area contributed by atoms with E-state index in [4.69, 9.17) is 4.42 Å². The molecule has 0 saturated carbocycles. The van der Waals surface area contributed by atoms with E-state index in [1.165, 1.54) is 0 Å². The van der Waals surface area contributed by atoms with Crippen molar-refractivity contribution in [2.24, 2.45) is 9.98 Å². The van der Waals surface area contributed by atoms with Crippen LogP contribution in [-0.2, 0) is 0 Å². The zero-order chi connectivity index (χ0) is 14.4. The van der Waals surface area contributed by atoms with Crippen LogP contribution in [0.4, 0.5) is 0 Å². The molecular formula is C14H12N4OS2. The number of hydrogen-bond acceptors (Lipinski definition) is 7. The summed E-state index contributed by atoms with van der Waals surface area (Å²) in [5.41, 5.74) is 0.316. The quantitative estimate of drug-likeness (QED) is 0.837. The Morgan fingerprint density at radius 1 is 0.857 bits per heavy atom. The number of nitrogens with zero attached hydrogens (tertiary/aromatic N) is 4. The average Bonchev–Trinajstić information content (AvgIpc) is 3.19. The van der Waals surface area contributed by atoms with Crippen LogP contribution in [0.5, 0.6) is 0 Å². The summed E-state index contributed by atoms with van der Waals surface area (Å²) in [4.78, 5) is 9.17. The maximum Gasteiger partial charge on any atom is 0.192 e. The van der Waals surface area contributed by atoms with Crippen molar-refractivity contribution in [1.29, 1.82) is 0 Å². The molecule has 0 amide bonds. The van der Waals surface area contributed by atoms with Gasteiger partial charge < -0.3 is 4.42 Å². The fraction of sp³-hybridized carbons (Fsp3) is 0.143. The van der Waals surface area contributed by atoms with Gasteiger partial charge in [-0.15, -0.1) is 25.3 Å². The van der Waals surface area contributed by atoms with Crippen LogP contribution in [0.1, 0.15) is 11.3 Å². The third-order valence-corrected chi connectivity index (χ3v) is 4.02. The van der Waals surface area contributed by atoms with Gasteiger partial charge in [-0.05, 0) is 12.1 Å². The Labute approximate surface area is 132 Å². The van der Waals surface area contributed by atoms with Gasteiger partial charge in [0.2, 0.25) is 0 Å². The van der Waals surface area contributed by atoms with Crippen molar-refractivity contribution in [3.05, 3.63) is 60.1 Å². The molecule has 21 heavy (non-hydrogen) atoms. The molecule has 0 radical (unpaired) electrons. The Hall–Kier alpha value is -1.86. The Morgan fingerprint density at radius 3 is 2.19 bits per heavy atom. The minimum atomic E-state index is -0.346. The predicted molar refractivity (Wildman–Crippen MR) is 87.5 cm³/mol. The van der Waals surface area contributed by atoms with Crippen LogP contribution in [0, 0.1) is 0 Å². The third-order valence-electron chi connectivity index (χ3n) is 3.35. The first-order valence-corrected chi connectivity index (χ1v) is 7.48. The van der Waals surface area contributed by atoms with E-state index in [0.29, 0.717) is 11.6 Å². The van der Waals surface area contributed by atoms with Crippen LogP contribution in [0.15, 0.2) is 63.1 Å². The van der Waals surface area contributed by atoms with Gasteiger partial charge in [0.15, 0.2) is 28.4 Å². The van der Waals surface area contributed by atoms with Gasteiger partial charge in [0, 0.05) is 5.56 Å². The highest BCUT2D eigenvalue weighted by Crippen LogP contribution is 2.33. The molecule has 0 N–H and O–H groups in total. The van der Waals surface area contributed by atoms with Gasteiger partial charge in [-0.3, -0.25) is 0 Å². The van der Waals surface area contributed by atoms with Crippen molar-refractivity contribution in [2.45, 2.75) is 11.0 Å². The number of aliphatic imine (C=N–C) groups is 2. The van der Waals surface area contributed by atoms with Crippen LogP contribution < -0.4 is 0 Å². The summed E-state index contributed by atoms with van der Waals surface area (Å²) in [7, 11) is 0. The number of thiol groups is 2. The average molecular weight is 316 g/mol. The monoisotopic (exact) mass is 316 g/mol. The van der Waals surface area contributed by atoms with Crippen molar-refractivity contribution < 1.29 is 4.42 Å². The molecule has 0 saturated heterocycles. The summed E-state index contributed by atoms with van der Waals surface area (Å²) in [6.45, 7) is 0. The van der Waals surface area contributed by atoms with Crippen molar-refractivity contribution in [2.75, 3.05) is 0 Å². The van der Waals surface area contributed by atoms with E-state index in [1.54, 1.807) is 6.26 Å². The summed E-state index contributed by atoms with van der Waals surface area (Å²) >= 11 is 9.10. The van der Waals surface area contributed by atoms with Gasteiger partial charge in [0.1, 0.15) is 0 Å². The highest BCUT2D eigenvalue weighted by molar-refractivity contribution is 7.81. The molecule has 0 spiro atoms. The Balaban J connectivity index is 1.74. The van der Waals surface area contributed by atoms with Crippen molar-refractivity contribution in [1.82, 2.24) is 10.0 Å². The predicted octanol–water partition coefficient (Wildman–Crippen LogP) is 2.45. The minimum Gasteiger partial charge on any atom is -0.461 e. The zero-order valence-electron chi connectivity index (χ0n) is 10.9. The number of rotatable bonds is 2. The first kappa shape index (κ1) is 12.8. The maximum atomic E-state index is 5.45. The molecule has 0 aliphatic carbocycles. The summed E-state index contributed by atoms with van der Waals surface area (Å²) < 4.78 is 5.45. The topological polar surface area (TPSA) is 44.3 Å². The van der Waals surface area contributed by atoms with Crippen LogP contribution in [0.2, 0.25) is 0 Å². The molecule has 3 heterocycles. The Kier molecular flexibility index (Phi) is 2.97. The van der Waals surface area contributed by atoms with E-state index in [2.05, 4.69) is 35.2 Å². The molecule has 0 unspecified atom stereocenters. The van der Waals surface area contributed by atoms with Gasteiger partial charge >= 0.3 is 0 Å². The summed E-state index contributed by atoms with van der Waals surface area (Å²) in [5.74, 6) is 2.18. The molecule has 0 bridgehead atoms. The molecule has 1 aromatic heterocycles. The normalized spacial score (nSPS) is 24.1. The second kappa shape index (κ2) is 4.85. The van der Waals surface area contributed by atoms with Crippen molar-refractivity contribution in [3.8, 4) is 0 Å². The number of furan rings is 1. The second-order valence-electron chi connectivity index (χ2n) is 4.63. The molecule has 5 nitrogen and oxygen atoms in total. The van der Waals surface area contributed by atoms with Gasteiger partial charge in [-0.2, -0.15) is 0 Å². The fourth-order valence-electron chi connectivity index (χ4n) is 2.47. The second-order valence-corrected chi connectivity index (χ2v) is 5.55. The van der Waals surface area contributed by atoms with E-state index in [1.807, 2.05) is 52.5 Å². The van der Waals surface area contributed by atoms with Gasteiger partial charge in [0.25, 0.3) is 0 Å². The van der Waals surface area contributed by atoms with E-state index < -0.39 is 0 Å². The summed E-state index contributed by atoms with van der Waals surface area (Å²) in [6.07, 6.45) is 1.62. The van der Waals surface area contributed by atoms with Crippen LogP contribution in [0.3, 0.4) is 0 Å². The van der Waals surface area contributed by atoms with E-state index >= 15 is 0 Å². The van der Waals surface area contributed by atoms with Crippen molar-refractivity contribution in [3.63, 3.8) is 0 Å².